The van der Waals surface area contributed by atoms with Gasteiger partial charge in [0.05, 0.1) is 0 Å². The van der Waals surface area contributed by atoms with Gasteiger partial charge in [-0.15, -0.1) is 11.6 Å². The van der Waals surface area contributed by atoms with Crippen molar-refractivity contribution in [2.45, 2.75) is 51.5 Å². The Morgan fingerprint density at radius 2 is 2.07 bits per heavy atom. The van der Waals surface area contributed by atoms with E-state index in [1.165, 1.54) is 25.7 Å². The summed E-state index contributed by atoms with van der Waals surface area (Å²) in [5.41, 5.74) is 0. The van der Waals surface area contributed by atoms with Gasteiger partial charge >= 0.3 is 0 Å². The van der Waals surface area contributed by atoms with Crippen LogP contribution in [0, 0.1) is 0 Å². The number of carbonyl (C=O) groups excluding carboxylic acids is 1. The lowest BCUT2D eigenvalue weighted by atomic mass is 10.2. The van der Waals surface area contributed by atoms with Gasteiger partial charge in [0.2, 0.25) is 5.91 Å². The summed E-state index contributed by atoms with van der Waals surface area (Å²) in [6.45, 7) is 2.77. The third-order valence-electron chi connectivity index (χ3n) is 2.88. The van der Waals surface area contributed by atoms with Crippen LogP contribution >= 0.6 is 11.6 Å². The van der Waals surface area contributed by atoms with Crippen LogP contribution in [0.25, 0.3) is 0 Å². The minimum atomic E-state index is 0.292. The molecule has 0 saturated heterocycles. The average Bonchev–Trinajstić information content (AvgIpc) is 2.67. The van der Waals surface area contributed by atoms with Crippen LogP contribution in [0.3, 0.4) is 0 Å². The maximum Gasteiger partial charge on any atom is 0.222 e. The number of amides is 1. The van der Waals surface area contributed by atoms with Gasteiger partial charge in [-0.1, -0.05) is 19.8 Å². The van der Waals surface area contributed by atoms with Crippen LogP contribution in [0.1, 0.15) is 45.4 Å². The first kappa shape index (κ1) is 11.8. The zero-order valence-corrected chi connectivity index (χ0v) is 9.72. The molecule has 1 amide bonds. The van der Waals surface area contributed by atoms with Crippen LogP contribution in [-0.2, 0) is 4.79 Å². The molecular formula is C11H20ClNO. The fraction of sp³-hybridized carbons (Fsp3) is 0.909. The first-order chi connectivity index (χ1) is 6.79. The van der Waals surface area contributed by atoms with Crippen LogP contribution < -0.4 is 0 Å². The molecule has 0 aliphatic heterocycles. The zero-order chi connectivity index (χ0) is 10.4. The Morgan fingerprint density at radius 3 is 2.57 bits per heavy atom. The monoisotopic (exact) mass is 217 g/mol. The number of hydrogen-bond acceptors (Lipinski definition) is 1. The van der Waals surface area contributed by atoms with Crippen molar-refractivity contribution in [3.05, 3.63) is 0 Å². The molecule has 1 aliphatic carbocycles. The lowest BCUT2D eigenvalue weighted by Crippen LogP contribution is -2.39. The Morgan fingerprint density at radius 1 is 1.43 bits per heavy atom. The summed E-state index contributed by atoms with van der Waals surface area (Å²) < 4.78 is 0. The third kappa shape index (κ3) is 3.16. The Kier molecular flexibility index (Phi) is 5.31. The zero-order valence-electron chi connectivity index (χ0n) is 8.97. The predicted octanol–water partition coefficient (Wildman–Crippen LogP) is 2.80. The number of carbonyl (C=O) groups is 1. The maximum atomic E-state index is 11.8. The highest BCUT2D eigenvalue weighted by atomic mass is 35.5. The molecule has 3 heteroatoms. The topological polar surface area (TPSA) is 20.3 Å². The predicted molar refractivity (Wildman–Crippen MR) is 59.6 cm³/mol. The Balaban J connectivity index is 2.48. The van der Waals surface area contributed by atoms with Crippen molar-refractivity contribution in [3.8, 4) is 0 Å². The number of alkyl halides is 1. The molecule has 0 N–H and O–H groups in total. The first-order valence-electron chi connectivity index (χ1n) is 5.65. The van der Waals surface area contributed by atoms with Crippen molar-refractivity contribution in [3.63, 3.8) is 0 Å². The largest absolute Gasteiger partial charge is 0.339 e. The highest BCUT2D eigenvalue weighted by Gasteiger charge is 2.25. The van der Waals surface area contributed by atoms with Crippen LogP contribution in [-0.4, -0.2) is 29.3 Å². The molecule has 1 rings (SSSR count). The van der Waals surface area contributed by atoms with Crippen LogP contribution in [0.15, 0.2) is 0 Å². The smallest absolute Gasteiger partial charge is 0.222 e. The number of rotatable bonds is 5. The van der Waals surface area contributed by atoms with Crippen molar-refractivity contribution in [2.24, 2.45) is 0 Å². The second-order valence-corrected chi connectivity index (χ2v) is 4.34. The van der Waals surface area contributed by atoms with E-state index < -0.39 is 0 Å². The van der Waals surface area contributed by atoms with Crippen molar-refractivity contribution in [1.29, 1.82) is 0 Å². The summed E-state index contributed by atoms with van der Waals surface area (Å²) in [7, 11) is 0. The van der Waals surface area contributed by atoms with E-state index in [1.807, 2.05) is 11.8 Å². The molecule has 2 nitrogen and oxygen atoms in total. The number of nitrogens with zero attached hydrogens (tertiary/aromatic N) is 1. The molecule has 0 aromatic carbocycles. The van der Waals surface area contributed by atoms with Gasteiger partial charge in [0.25, 0.3) is 0 Å². The standard InChI is InChI=1S/C11H20ClNO/c1-2-5-11(14)13(9-8-12)10-6-3-4-7-10/h10H,2-9H2,1H3. The van der Waals surface area contributed by atoms with Gasteiger partial charge in [-0.05, 0) is 19.3 Å². The number of hydrogen-bond donors (Lipinski definition) is 0. The van der Waals surface area contributed by atoms with Gasteiger partial charge in [0.15, 0.2) is 0 Å². The molecule has 0 spiro atoms. The van der Waals surface area contributed by atoms with Crippen LogP contribution in [0.2, 0.25) is 0 Å². The van der Waals surface area contributed by atoms with E-state index in [0.29, 0.717) is 24.2 Å². The van der Waals surface area contributed by atoms with Crippen molar-refractivity contribution >= 4 is 17.5 Å². The summed E-state index contributed by atoms with van der Waals surface area (Å²) in [6.07, 6.45) is 6.49. The van der Waals surface area contributed by atoms with E-state index in [1.54, 1.807) is 0 Å². The molecule has 0 unspecified atom stereocenters. The molecule has 82 valence electrons. The molecule has 0 aromatic rings. The van der Waals surface area contributed by atoms with E-state index in [-0.39, 0.29) is 0 Å². The first-order valence-corrected chi connectivity index (χ1v) is 6.18. The minimum Gasteiger partial charge on any atom is -0.339 e. The van der Waals surface area contributed by atoms with Gasteiger partial charge in [0, 0.05) is 24.9 Å². The van der Waals surface area contributed by atoms with Crippen molar-refractivity contribution in [2.75, 3.05) is 12.4 Å². The molecule has 14 heavy (non-hydrogen) atoms. The molecule has 0 bridgehead atoms. The molecule has 1 fully saturated rings. The second kappa shape index (κ2) is 6.28. The van der Waals surface area contributed by atoms with Gasteiger partial charge in [-0.25, -0.2) is 0 Å². The number of halogens is 1. The van der Waals surface area contributed by atoms with Crippen LogP contribution in [0.5, 0.6) is 0 Å². The highest BCUT2D eigenvalue weighted by Crippen LogP contribution is 2.24. The fourth-order valence-electron chi connectivity index (χ4n) is 2.18. The molecular weight excluding hydrogens is 198 g/mol. The summed E-state index contributed by atoms with van der Waals surface area (Å²) >= 11 is 5.73. The third-order valence-corrected chi connectivity index (χ3v) is 3.04. The normalized spacial score (nSPS) is 17.3. The summed E-state index contributed by atoms with van der Waals surface area (Å²) in [5.74, 6) is 0.853. The Bertz CT molecular complexity index is 178. The fourth-order valence-corrected chi connectivity index (χ4v) is 2.36. The molecule has 1 aliphatic rings. The quantitative estimate of drug-likeness (QED) is 0.649. The lowest BCUT2D eigenvalue weighted by Gasteiger charge is -2.28. The lowest BCUT2D eigenvalue weighted by molar-refractivity contribution is -0.133. The van der Waals surface area contributed by atoms with E-state index in [9.17, 15) is 4.79 Å². The average molecular weight is 218 g/mol. The maximum absolute atomic E-state index is 11.8. The van der Waals surface area contributed by atoms with E-state index in [2.05, 4.69) is 0 Å². The Labute approximate surface area is 91.6 Å². The van der Waals surface area contributed by atoms with E-state index in [0.717, 1.165) is 13.0 Å². The van der Waals surface area contributed by atoms with Gasteiger partial charge in [0.1, 0.15) is 0 Å². The minimum absolute atomic E-state index is 0.292. The second-order valence-electron chi connectivity index (χ2n) is 3.96. The highest BCUT2D eigenvalue weighted by molar-refractivity contribution is 6.18. The molecule has 0 aromatic heterocycles. The Hall–Kier alpha value is -0.240. The molecule has 0 heterocycles. The van der Waals surface area contributed by atoms with Gasteiger partial charge in [-0.2, -0.15) is 0 Å². The molecule has 0 atom stereocenters. The summed E-state index contributed by atoms with van der Waals surface area (Å²) in [4.78, 5) is 13.8. The molecule has 1 saturated carbocycles. The van der Waals surface area contributed by atoms with Crippen molar-refractivity contribution in [1.82, 2.24) is 4.90 Å². The van der Waals surface area contributed by atoms with Crippen LogP contribution in [0.4, 0.5) is 0 Å². The van der Waals surface area contributed by atoms with Gasteiger partial charge in [-0.3, -0.25) is 4.79 Å². The molecule has 0 radical (unpaired) electrons. The summed E-state index contributed by atoms with van der Waals surface area (Å²) in [6, 6.07) is 0.479. The van der Waals surface area contributed by atoms with Gasteiger partial charge < -0.3 is 4.90 Å². The van der Waals surface area contributed by atoms with Crippen molar-refractivity contribution < 1.29 is 4.79 Å². The SMILES string of the molecule is CCCC(=O)N(CCCl)C1CCCC1. The van der Waals surface area contributed by atoms with E-state index in [4.69, 9.17) is 11.6 Å². The summed E-state index contributed by atoms with van der Waals surface area (Å²) in [5, 5.41) is 0. The van der Waals surface area contributed by atoms with E-state index >= 15 is 0 Å².